The van der Waals surface area contributed by atoms with Gasteiger partial charge in [-0.05, 0) is 51.4 Å². The molecule has 0 bridgehead atoms. The number of ether oxygens (including phenoxy) is 2. The van der Waals surface area contributed by atoms with E-state index in [1.807, 2.05) is 13.8 Å². The predicted molar refractivity (Wildman–Crippen MR) is 87.6 cm³/mol. The van der Waals surface area contributed by atoms with Crippen molar-refractivity contribution < 1.29 is 14.6 Å². The molecule has 3 rings (SSSR count). The van der Waals surface area contributed by atoms with Crippen LogP contribution in [0.1, 0.15) is 78.1 Å². The van der Waals surface area contributed by atoms with Gasteiger partial charge in [-0.15, -0.1) is 0 Å². The van der Waals surface area contributed by atoms with E-state index in [1.54, 1.807) is 7.11 Å². The molecule has 3 nitrogen and oxygen atoms in total. The summed E-state index contributed by atoms with van der Waals surface area (Å²) in [4.78, 5) is 0. The summed E-state index contributed by atoms with van der Waals surface area (Å²) in [5.74, 6) is 1.58. The van der Waals surface area contributed by atoms with Crippen molar-refractivity contribution in [3.8, 4) is 0 Å². The van der Waals surface area contributed by atoms with Crippen LogP contribution >= 0.6 is 0 Å². The van der Waals surface area contributed by atoms with Gasteiger partial charge in [0, 0.05) is 12.5 Å². The van der Waals surface area contributed by atoms with Gasteiger partial charge in [-0.3, -0.25) is 0 Å². The normalized spacial score (nSPS) is 42.5. The van der Waals surface area contributed by atoms with E-state index in [0.29, 0.717) is 6.79 Å². The molecule has 1 N–H and O–H groups in total. The third-order valence-corrected chi connectivity index (χ3v) is 7.20. The first-order chi connectivity index (χ1) is 10.4. The predicted octanol–water partition coefficient (Wildman–Crippen LogP) is 4.28. The highest BCUT2D eigenvalue weighted by atomic mass is 16.7. The van der Waals surface area contributed by atoms with Gasteiger partial charge in [0.25, 0.3) is 0 Å². The molecule has 3 aliphatic carbocycles. The molecule has 0 amide bonds. The molecule has 0 aromatic rings. The number of fused-ring (bicyclic) bond motifs is 2. The van der Waals surface area contributed by atoms with Gasteiger partial charge in [-0.2, -0.15) is 0 Å². The summed E-state index contributed by atoms with van der Waals surface area (Å²) >= 11 is 0. The molecular formula is C19H34O3. The van der Waals surface area contributed by atoms with Gasteiger partial charge in [-0.25, -0.2) is 0 Å². The molecule has 0 spiro atoms. The van der Waals surface area contributed by atoms with E-state index < -0.39 is 5.60 Å². The summed E-state index contributed by atoms with van der Waals surface area (Å²) in [6.07, 6.45) is 12.3. The van der Waals surface area contributed by atoms with Crippen molar-refractivity contribution >= 4 is 0 Å². The molecular weight excluding hydrogens is 276 g/mol. The van der Waals surface area contributed by atoms with Crippen LogP contribution in [-0.2, 0) is 9.47 Å². The van der Waals surface area contributed by atoms with Crippen LogP contribution in [0.5, 0.6) is 0 Å². The molecule has 3 aliphatic rings. The number of rotatable bonds is 4. The minimum Gasteiger partial charge on any atom is -0.390 e. The second-order valence-corrected chi connectivity index (χ2v) is 8.61. The van der Waals surface area contributed by atoms with Crippen LogP contribution in [0.3, 0.4) is 0 Å². The standard InChI is InChI=1S/C19H34O3/c1-17(2,20)18-10-6-7-11-19(18,22-14-21-3)13-16-9-5-4-8-15(16)12-18/h15-16,20H,4-14H2,1-3H3. The Kier molecular flexibility index (Phi) is 4.61. The molecule has 22 heavy (non-hydrogen) atoms. The number of hydrogen-bond donors (Lipinski definition) is 1. The van der Waals surface area contributed by atoms with E-state index >= 15 is 0 Å². The van der Waals surface area contributed by atoms with Crippen LogP contribution in [0.4, 0.5) is 0 Å². The molecule has 3 fully saturated rings. The van der Waals surface area contributed by atoms with E-state index in [1.165, 1.54) is 38.5 Å². The Morgan fingerprint density at radius 2 is 1.64 bits per heavy atom. The van der Waals surface area contributed by atoms with E-state index in [4.69, 9.17) is 9.47 Å². The fourth-order valence-corrected chi connectivity index (χ4v) is 6.14. The van der Waals surface area contributed by atoms with Crippen molar-refractivity contribution in [3.63, 3.8) is 0 Å². The molecule has 0 heterocycles. The molecule has 0 aromatic heterocycles. The second-order valence-electron chi connectivity index (χ2n) is 8.61. The zero-order valence-corrected chi connectivity index (χ0v) is 14.7. The van der Waals surface area contributed by atoms with E-state index in [0.717, 1.165) is 37.5 Å². The average molecular weight is 310 g/mol. The molecule has 0 saturated heterocycles. The van der Waals surface area contributed by atoms with E-state index in [-0.39, 0.29) is 11.0 Å². The van der Waals surface area contributed by atoms with Gasteiger partial charge in [0.1, 0.15) is 6.79 Å². The maximum atomic E-state index is 11.2. The summed E-state index contributed by atoms with van der Waals surface area (Å²) in [7, 11) is 1.71. The lowest BCUT2D eigenvalue weighted by atomic mass is 9.45. The Morgan fingerprint density at radius 3 is 2.27 bits per heavy atom. The zero-order chi connectivity index (χ0) is 15.8. The highest BCUT2D eigenvalue weighted by molar-refractivity contribution is 5.14. The third-order valence-electron chi connectivity index (χ3n) is 7.20. The summed E-state index contributed by atoms with van der Waals surface area (Å²) in [5.41, 5.74) is -0.975. The van der Waals surface area contributed by atoms with Gasteiger partial charge in [0.05, 0.1) is 11.2 Å². The monoisotopic (exact) mass is 310 g/mol. The molecule has 0 radical (unpaired) electrons. The minimum atomic E-state index is -0.691. The van der Waals surface area contributed by atoms with Gasteiger partial charge in [0.15, 0.2) is 0 Å². The lowest BCUT2D eigenvalue weighted by molar-refractivity contribution is -0.285. The van der Waals surface area contributed by atoms with Crippen LogP contribution in [0.15, 0.2) is 0 Å². The molecule has 128 valence electrons. The summed E-state index contributed by atoms with van der Waals surface area (Å²) < 4.78 is 11.7. The van der Waals surface area contributed by atoms with Crippen LogP contribution in [0.25, 0.3) is 0 Å². The van der Waals surface area contributed by atoms with Crippen molar-refractivity contribution in [1.29, 1.82) is 0 Å². The van der Waals surface area contributed by atoms with Crippen LogP contribution in [0, 0.1) is 17.3 Å². The van der Waals surface area contributed by atoms with E-state index in [2.05, 4.69) is 0 Å². The topological polar surface area (TPSA) is 38.7 Å². The average Bonchev–Trinajstić information content (AvgIpc) is 2.49. The van der Waals surface area contributed by atoms with Gasteiger partial charge in [0.2, 0.25) is 0 Å². The van der Waals surface area contributed by atoms with Gasteiger partial charge < -0.3 is 14.6 Å². The van der Waals surface area contributed by atoms with Crippen molar-refractivity contribution in [2.45, 2.75) is 89.3 Å². The fraction of sp³-hybridized carbons (Fsp3) is 1.00. The van der Waals surface area contributed by atoms with Crippen LogP contribution in [-0.4, -0.2) is 30.2 Å². The highest BCUT2D eigenvalue weighted by Gasteiger charge is 2.64. The molecule has 3 saturated carbocycles. The molecule has 0 aliphatic heterocycles. The maximum absolute atomic E-state index is 11.2. The molecule has 0 aromatic carbocycles. The first kappa shape index (κ1) is 16.7. The van der Waals surface area contributed by atoms with Crippen molar-refractivity contribution in [2.75, 3.05) is 13.9 Å². The lowest BCUT2D eigenvalue weighted by Crippen LogP contribution is -2.66. The second kappa shape index (κ2) is 6.07. The van der Waals surface area contributed by atoms with Gasteiger partial charge in [-0.1, -0.05) is 38.5 Å². The Morgan fingerprint density at radius 1 is 1.00 bits per heavy atom. The summed E-state index contributed by atoms with van der Waals surface area (Å²) in [6, 6.07) is 0. The first-order valence-electron chi connectivity index (χ1n) is 9.29. The summed E-state index contributed by atoms with van der Waals surface area (Å²) in [6.45, 7) is 4.40. The Hall–Kier alpha value is -0.120. The minimum absolute atomic E-state index is 0.102. The Balaban J connectivity index is 1.98. The fourth-order valence-electron chi connectivity index (χ4n) is 6.14. The quantitative estimate of drug-likeness (QED) is 0.788. The number of aliphatic hydroxyl groups is 1. The van der Waals surface area contributed by atoms with Crippen molar-refractivity contribution in [3.05, 3.63) is 0 Å². The number of hydrogen-bond acceptors (Lipinski definition) is 3. The maximum Gasteiger partial charge on any atom is 0.147 e. The SMILES string of the molecule is COCOC12CCCCC1(C(C)(C)O)CC1CCCCC1C2. The van der Waals surface area contributed by atoms with Crippen molar-refractivity contribution in [2.24, 2.45) is 17.3 Å². The van der Waals surface area contributed by atoms with Crippen molar-refractivity contribution in [1.82, 2.24) is 0 Å². The molecule has 3 heteroatoms. The Bertz CT molecular complexity index is 389. The largest absolute Gasteiger partial charge is 0.390 e. The smallest absolute Gasteiger partial charge is 0.147 e. The zero-order valence-electron chi connectivity index (χ0n) is 14.7. The molecule has 4 unspecified atom stereocenters. The van der Waals surface area contributed by atoms with E-state index in [9.17, 15) is 5.11 Å². The van der Waals surface area contributed by atoms with Crippen LogP contribution < -0.4 is 0 Å². The van der Waals surface area contributed by atoms with Crippen LogP contribution in [0.2, 0.25) is 0 Å². The third kappa shape index (κ3) is 2.53. The number of methoxy groups -OCH3 is 1. The summed E-state index contributed by atoms with van der Waals surface area (Å²) in [5, 5.41) is 11.2. The van der Waals surface area contributed by atoms with Gasteiger partial charge >= 0.3 is 0 Å². The lowest BCUT2D eigenvalue weighted by Gasteiger charge is -2.64. The Labute approximate surface area is 135 Å². The molecule has 4 atom stereocenters. The first-order valence-corrected chi connectivity index (χ1v) is 9.29. The highest BCUT2D eigenvalue weighted by Crippen LogP contribution is 2.64.